The van der Waals surface area contributed by atoms with Gasteiger partial charge in [0, 0.05) is 32.6 Å². The third-order valence-corrected chi connectivity index (χ3v) is 3.34. The molecule has 0 aromatic carbocycles. The molecule has 0 saturated carbocycles. The average molecular weight is 237 g/mol. The Morgan fingerprint density at radius 2 is 2.47 bits per heavy atom. The summed E-state index contributed by atoms with van der Waals surface area (Å²) in [4.78, 5) is 25.0. The lowest BCUT2D eigenvalue weighted by Crippen LogP contribution is -2.35. The zero-order chi connectivity index (χ0) is 12.3. The van der Waals surface area contributed by atoms with Crippen LogP contribution in [0.5, 0.6) is 0 Å². The summed E-state index contributed by atoms with van der Waals surface area (Å²) in [6, 6.07) is 0. The molecule has 17 heavy (non-hydrogen) atoms. The number of likely N-dealkylation sites (N-methyl/N-ethyl adjacent to an activating group) is 1. The number of rotatable bonds is 3. The molecule has 2 aliphatic heterocycles. The minimum Gasteiger partial charge on any atom is -0.355 e. The van der Waals surface area contributed by atoms with E-state index >= 15 is 0 Å². The van der Waals surface area contributed by atoms with Crippen LogP contribution in [0.4, 0.5) is 0 Å². The van der Waals surface area contributed by atoms with Gasteiger partial charge in [-0.15, -0.1) is 0 Å². The molecule has 1 atom stereocenters. The molecular weight excluding hydrogens is 218 g/mol. The van der Waals surface area contributed by atoms with E-state index in [1.807, 2.05) is 0 Å². The molecule has 1 saturated heterocycles. The number of amides is 2. The SMILES string of the molecule is CN1CC=C(CNC(=O)C2CNC(=O)C2)CC1. The standard InChI is InChI=1S/C12H19N3O2/c1-15-4-2-9(3-5-15)7-14-12(17)10-6-11(16)13-8-10/h2,10H,3-8H2,1H3,(H,13,16)(H,14,17). The van der Waals surface area contributed by atoms with E-state index in [0.29, 0.717) is 19.5 Å². The first-order chi connectivity index (χ1) is 8.15. The molecule has 2 rings (SSSR count). The van der Waals surface area contributed by atoms with Gasteiger partial charge in [0.1, 0.15) is 0 Å². The van der Waals surface area contributed by atoms with Crippen LogP contribution in [-0.4, -0.2) is 49.9 Å². The van der Waals surface area contributed by atoms with Crippen molar-refractivity contribution in [1.29, 1.82) is 0 Å². The van der Waals surface area contributed by atoms with Crippen LogP contribution >= 0.6 is 0 Å². The minimum atomic E-state index is -0.186. The minimum absolute atomic E-state index is 0.0109. The lowest BCUT2D eigenvalue weighted by Gasteiger charge is -2.22. The molecule has 2 amide bonds. The second-order valence-corrected chi connectivity index (χ2v) is 4.80. The van der Waals surface area contributed by atoms with Gasteiger partial charge >= 0.3 is 0 Å². The van der Waals surface area contributed by atoms with Gasteiger partial charge in [-0.3, -0.25) is 9.59 Å². The maximum Gasteiger partial charge on any atom is 0.225 e. The molecular formula is C12H19N3O2. The topological polar surface area (TPSA) is 61.4 Å². The summed E-state index contributed by atoms with van der Waals surface area (Å²) in [5.41, 5.74) is 1.29. The first kappa shape index (κ1) is 12.1. The Bertz CT molecular complexity index is 352. The van der Waals surface area contributed by atoms with Crippen molar-refractivity contribution in [1.82, 2.24) is 15.5 Å². The summed E-state index contributed by atoms with van der Waals surface area (Å²) in [5.74, 6) is -0.221. The Morgan fingerprint density at radius 3 is 3.06 bits per heavy atom. The second kappa shape index (κ2) is 5.31. The van der Waals surface area contributed by atoms with Crippen molar-refractivity contribution < 1.29 is 9.59 Å². The average Bonchev–Trinajstić information content (AvgIpc) is 2.75. The fraction of sp³-hybridized carbons (Fsp3) is 0.667. The van der Waals surface area contributed by atoms with Crippen molar-refractivity contribution in [2.45, 2.75) is 12.8 Å². The predicted octanol–water partition coefficient (Wildman–Crippen LogP) is -0.499. The molecule has 0 aromatic rings. The van der Waals surface area contributed by atoms with Gasteiger partial charge in [-0.2, -0.15) is 0 Å². The number of carbonyl (C=O) groups excluding carboxylic acids is 2. The van der Waals surface area contributed by atoms with Gasteiger partial charge in [-0.25, -0.2) is 0 Å². The maximum atomic E-state index is 11.8. The summed E-state index contributed by atoms with van der Waals surface area (Å²) in [6.45, 7) is 3.10. The number of carbonyl (C=O) groups is 2. The molecule has 2 aliphatic rings. The molecule has 0 spiro atoms. The number of nitrogens with one attached hydrogen (secondary N) is 2. The monoisotopic (exact) mass is 237 g/mol. The van der Waals surface area contributed by atoms with Gasteiger partial charge in [0.25, 0.3) is 0 Å². The maximum absolute atomic E-state index is 11.8. The van der Waals surface area contributed by atoms with Crippen molar-refractivity contribution in [3.8, 4) is 0 Å². The quantitative estimate of drug-likeness (QED) is 0.651. The molecule has 0 aromatic heterocycles. The molecule has 2 N–H and O–H groups in total. The molecule has 94 valence electrons. The van der Waals surface area contributed by atoms with E-state index in [4.69, 9.17) is 0 Å². The predicted molar refractivity (Wildman–Crippen MR) is 64.3 cm³/mol. The third-order valence-electron chi connectivity index (χ3n) is 3.34. The Kier molecular flexibility index (Phi) is 3.78. The smallest absolute Gasteiger partial charge is 0.225 e. The van der Waals surface area contributed by atoms with E-state index in [1.165, 1.54) is 5.57 Å². The van der Waals surface area contributed by atoms with Crippen LogP contribution in [-0.2, 0) is 9.59 Å². The highest BCUT2D eigenvalue weighted by Gasteiger charge is 2.27. The van der Waals surface area contributed by atoms with Crippen molar-refractivity contribution in [2.75, 3.05) is 33.2 Å². The van der Waals surface area contributed by atoms with Gasteiger partial charge in [-0.1, -0.05) is 11.6 Å². The number of nitrogens with zero attached hydrogens (tertiary/aromatic N) is 1. The van der Waals surface area contributed by atoms with Crippen LogP contribution in [0, 0.1) is 5.92 Å². The van der Waals surface area contributed by atoms with Gasteiger partial charge in [0.15, 0.2) is 0 Å². The molecule has 2 heterocycles. The lowest BCUT2D eigenvalue weighted by atomic mass is 10.1. The fourth-order valence-corrected chi connectivity index (χ4v) is 2.11. The van der Waals surface area contributed by atoms with Crippen molar-refractivity contribution in [2.24, 2.45) is 5.92 Å². The van der Waals surface area contributed by atoms with Crippen LogP contribution in [0.2, 0.25) is 0 Å². The van der Waals surface area contributed by atoms with E-state index < -0.39 is 0 Å². The first-order valence-electron chi connectivity index (χ1n) is 6.06. The van der Waals surface area contributed by atoms with Gasteiger partial charge in [0.2, 0.25) is 11.8 Å². The Hall–Kier alpha value is -1.36. The zero-order valence-electron chi connectivity index (χ0n) is 10.2. The lowest BCUT2D eigenvalue weighted by molar-refractivity contribution is -0.126. The van der Waals surface area contributed by atoms with E-state index in [0.717, 1.165) is 19.5 Å². The molecule has 5 nitrogen and oxygen atoms in total. The van der Waals surface area contributed by atoms with Crippen LogP contribution in [0.3, 0.4) is 0 Å². The summed E-state index contributed by atoms with van der Waals surface area (Å²) >= 11 is 0. The summed E-state index contributed by atoms with van der Waals surface area (Å²) in [6.07, 6.45) is 3.51. The first-order valence-corrected chi connectivity index (χ1v) is 6.06. The van der Waals surface area contributed by atoms with Crippen LogP contribution in [0.15, 0.2) is 11.6 Å². The Balaban J connectivity index is 1.75. The van der Waals surface area contributed by atoms with Crippen LogP contribution in [0.1, 0.15) is 12.8 Å². The van der Waals surface area contributed by atoms with Crippen molar-refractivity contribution >= 4 is 11.8 Å². The van der Waals surface area contributed by atoms with Gasteiger partial charge in [-0.05, 0) is 13.5 Å². The molecule has 1 unspecified atom stereocenters. The second-order valence-electron chi connectivity index (χ2n) is 4.80. The summed E-state index contributed by atoms with van der Waals surface area (Å²) in [7, 11) is 2.08. The largest absolute Gasteiger partial charge is 0.355 e. The fourth-order valence-electron chi connectivity index (χ4n) is 2.11. The van der Waals surface area contributed by atoms with Crippen LogP contribution in [0.25, 0.3) is 0 Å². The Labute approximate surface area is 101 Å². The van der Waals surface area contributed by atoms with E-state index in [9.17, 15) is 9.59 Å². The highest BCUT2D eigenvalue weighted by molar-refractivity contribution is 5.89. The molecule has 0 bridgehead atoms. The summed E-state index contributed by atoms with van der Waals surface area (Å²) < 4.78 is 0. The van der Waals surface area contributed by atoms with E-state index in [-0.39, 0.29) is 17.7 Å². The molecule has 0 radical (unpaired) electrons. The molecule has 1 fully saturated rings. The normalized spacial score (nSPS) is 25.4. The van der Waals surface area contributed by atoms with Crippen molar-refractivity contribution in [3.63, 3.8) is 0 Å². The number of hydrogen-bond donors (Lipinski definition) is 2. The third kappa shape index (κ3) is 3.30. The summed E-state index contributed by atoms with van der Waals surface area (Å²) in [5, 5.41) is 5.58. The van der Waals surface area contributed by atoms with E-state index in [1.54, 1.807) is 0 Å². The highest BCUT2D eigenvalue weighted by Crippen LogP contribution is 2.11. The molecule has 0 aliphatic carbocycles. The van der Waals surface area contributed by atoms with Crippen molar-refractivity contribution in [3.05, 3.63) is 11.6 Å². The highest BCUT2D eigenvalue weighted by atomic mass is 16.2. The number of hydrogen-bond acceptors (Lipinski definition) is 3. The Morgan fingerprint density at radius 1 is 1.65 bits per heavy atom. The molecule has 5 heteroatoms. The van der Waals surface area contributed by atoms with E-state index in [2.05, 4.69) is 28.7 Å². The van der Waals surface area contributed by atoms with Crippen LogP contribution < -0.4 is 10.6 Å². The van der Waals surface area contributed by atoms with Gasteiger partial charge in [0.05, 0.1) is 5.92 Å². The van der Waals surface area contributed by atoms with Gasteiger partial charge < -0.3 is 15.5 Å². The zero-order valence-corrected chi connectivity index (χ0v) is 10.2.